The summed E-state index contributed by atoms with van der Waals surface area (Å²) in [6, 6.07) is 0. The zero-order valence-corrected chi connectivity index (χ0v) is 5.43. The Morgan fingerprint density at radius 3 is 2.56 bits per heavy atom. The van der Waals surface area contributed by atoms with Gasteiger partial charge in [0, 0.05) is 12.2 Å². The van der Waals surface area contributed by atoms with Crippen molar-refractivity contribution in [2.45, 2.75) is 12.8 Å². The Morgan fingerprint density at radius 1 is 1.33 bits per heavy atom. The molecule has 9 heavy (non-hydrogen) atoms. The predicted molar refractivity (Wildman–Crippen MR) is 38.6 cm³/mol. The normalized spacial score (nSPS) is 18.8. The third kappa shape index (κ3) is 1.57. The molecule has 0 saturated carbocycles. The molecule has 0 fully saturated rings. The summed E-state index contributed by atoms with van der Waals surface area (Å²) in [5.74, 6) is 0. The lowest BCUT2D eigenvalue weighted by atomic mass is 10.0. The van der Waals surface area contributed by atoms with Crippen LogP contribution in [0.15, 0.2) is 23.4 Å². The van der Waals surface area contributed by atoms with Crippen LogP contribution >= 0.6 is 0 Å². The first-order chi connectivity index (χ1) is 4.33. The number of hydrogen-bond donors (Lipinski definition) is 2. The van der Waals surface area contributed by atoms with E-state index in [1.807, 2.05) is 12.2 Å². The molecule has 2 nitrogen and oxygen atoms in total. The smallest absolute Gasteiger partial charge is 0.0140 e. The molecule has 0 heterocycles. The van der Waals surface area contributed by atoms with Crippen LogP contribution < -0.4 is 11.5 Å². The van der Waals surface area contributed by atoms with Crippen LogP contribution in [0.1, 0.15) is 12.8 Å². The van der Waals surface area contributed by atoms with Crippen LogP contribution in [0.5, 0.6) is 0 Å². The summed E-state index contributed by atoms with van der Waals surface area (Å²) in [6.07, 6.45) is 5.96. The lowest BCUT2D eigenvalue weighted by Gasteiger charge is -2.08. The fourth-order valence-corrected chi connectivity index (χ4v) is 0.867. The molecule has 0 amide bonds. The number of rotatable bonds is 1. The molecule has 2 heteroatoms. The fourth-order valence-electron chi connectivity index (χ4n) is 0.867. The maximum absolute atomic E-state index is 5.53. The van der Waals surface area contributed by atoms with Crippen molar-refractivity contribution in [3.63, 3.8) is 0 Å². The van der Waals surface area contributed by atoms with Crippen LogP contribution in [-0.4, -0.2) is 6.54 Å². The second-order valence-corrected chi connectivity index (χ2v) is 2.27. The average molecular weight is 124 g/mol. The first-order valence-corrected chi connectivity index (χ1v) is 3.17. The van der Waals surface area contributed by atoms with Crippen molar-refractivity contribution in [2.24, 2.45) is 11.5 Å². The van der Waals surface area contributed by atoms with Crippen LogP contribution in [0.4, 0.5) is 0 Å². The van der Waals surface area contributed by atoms with Crippen LogP contribution in [0.25, 0.3) is 0 Å². The van der Waals surface area contributed by atoms with Crippen molar-refractivity contribution in [2.75, 3.05) is 6.54 Å². The molecule has 0 atom stereocenters. The highest BCUT2D eigenvalue weighted by Crippen LogP contribution is 2.12. The Hall–Kier alpha value is -0.760. The highest BCUT2D eigenvalue weighted by atomic mass is 14.6. The highest BCUT2D eigenvalue weighted by molar-refractivity contribution is 5.22. The summed E-state index contributed by atoms with van der Waals surface area (Å²) in [7, 11) is 0. The minimum atomic E-state index is 0.670. The SMILES string of the molecule is NCC1=CC=C(N)CC1. The summed E-state index contributed by atoms with van der Waals surface area (Å²) in [5, 5.41) is 0. The molecular weight excluding hydrogens is 112 g/mol. The summed E-state index contributed by atoms with van der Waals surface area (Å²) in [5.41, 5.74) is 13.2. The average Bonchev–Trinajstić information content (AvgIpc) is 1.90. The molecule has 0 radical (unpaired) electrons. The minimum absolute atomic E-state index is 0.670. The van der Waals surface area contributed by atoms with Gasteiger partial charge >= 0.3 is 0 Å². The standard InChI is InChI=1S/C7H12N2/c8-5-6-1-3-7(9)4-2-6/h1,3H,2,4-5,8-9H2. The second-order valence-electron chi connectivity index (χ2n) is 2.27. The van der Waals surface area contributed by atoms with Gasteiger partial charge in [0.1, 0.15) is 0 Å². The molecule has 0 unspecified atom stereocenters. The van der Waals surface area contributed by atoms with Crippen LogP contribution in [0, 0.1) is 0 Å². The van der Waals surface area contributed by atoms with Gasteiger partial charge in [-0.1, -0.05) is 11.6 Å². The van der Waals surface area contributed by atoms with E-state index in [9.17, 15) is 0 Å². The molecule has 0 bridgehead atoms. The quantitative estimate of drug-likeness (QED) is 0.535. The first-order valence-electron chi connectivity index (χ1n) is 3.17. The molecule has 50 valence electrons. The van der Waals surface area contributed by atoms with Gasteiger partial charge in [0.15, 0.2) is 0 Å². The molecule has 0 aromatic carbocycles. The summed E-state index contributed by atoms with van der Waals surface area (Å²) >= 11 is 0. The van der Waals surface area contributed by atoms with Crippen molar-refractivity contribution < 1.29 is 0 Å². The summed E-state index contributed by atoms with van der Waals surface area (Å²) in [6.45, 7) is 0.670. The van der Waals surface area contributed by atoms with Gasteiger partial charge in [0.05, 0.1) is 0 Å². The Balaban J connectivity index is 2.59. The molecule has 1 aliphatic rings. The van der Waals surface area contributed by atoms with E-state index in [0.29, 0.717) is 6.54 Å². The van der Waals surface area contributed by atoms with Crippen molar-refractivity contribution in [3.05, 3.63) is 23.4 Å². The molecule has 0 aromatic rings. The van der Waals surface area contributed by atoms with E-state index >= 15 is 0 Å². The summed E-state index contributed by atoms with van der Waals surface area (Å²) < 4.78 is 0. The number of nitrogens with two attached hydrogens (primary N) is 2. The largest absolute Gasteiger partial charge is 0.402 e. The molecule has 1 rings (SSSR count). The van der Waals surface area contributed by atoms with E-state index in [2.05, 4.69) is 0 Å². The van der Waals surface area contributed by atoms with E-state index in [4.69, 9.17) is 11.5 Å². The third-order valence-corrected chi connectivity index (χ3v) is 1.53. The fraction of sp³-hybridized carbons (Fsp3) is 0.429. The van der Waals surface area contributed by atoms with E-state index in [1.165, 1.54) is 5.57 Å². The zero-order chi connectivity index (χ0) is 6.69. The van der Waals surface area contributed by atoms with Gasteiger partial charge in [0.25, 0.3) is 0 Å². The van der Waals surface area contributed by atoms with Crippen molar-refractivity contribution in [3.8, 4) is 0 Å². The Labute approximate surface area is 55.2 Å². The van der Waals surface area contributed by atoms with Crippen molar-refractivity contribution >= 4 is 0 Å². The monoisotopic (exact) mass is 124 g/mol. The van der Waals surface area contributed by atoms with Gasteiger partial charge in [-0.15, -0.1) is 0 Å². The van der Waals surface area contributed by atoms with Gasteiger partial charge in [-0.25, -0.2) is 0 Å². The Bertz CT molecular complexity index is 156. The van der Waals surface area contributed by atoms with Crippen molar-refractivity contribution in [1.29, 1.82) is 0 Å². The summed E-state index contributed by atoms with van der Waals surface area (Å²) in [4.78, 5) is 0. The van der Waals surface area contributed by atoms with E-state index < -0.39 is 0 Å². The highest BCUT2D eigenvalue weighted by Gasteiger charge is 1.99. The van der Waals surface area contributed by atoms with Crippen LogP contribution in [0.3, 0.4) is 0 Å². The van der Waals surface area contributed by atoms with Gasteiger partial charge in [0.2, 0.25) is 0 Å². The zero-order valence-electron chi connectivity index (χ0n) is 5.43. The lowest BCUT2D eigenvalue weighted by Crippen LogP contribution is -2.08. The lowest BCUT2D eigenvalue weighted by molar-refractivity contribution is 0.864. The minimum Gasteiger partial charge on any atom is -0.402 e. The van der Waals surface area contributed by atoms with Gasteiger partial charge < -0.3 is 11.5 Å². The Morgan fingerprint density at radius 2 is 2.11 bits per heavy atom. The molecule has 0 spiro atoms. The predicted octanol–water partition coefficient (Wildman–Crippen LogP) is 0.508. The van der Waals surface area contributed by atoms with E-state index in [0.717, 1.165) is 18.5 Å². The second kappa shape index (κ2) is 2.69. The van der Waals surface area contributed by atoms with Crippen LogP contribution in [0.2, 0.25) is 0 Å². The first kappa shape index (κ1) is 6.36. The molecule has 0 saturated heterocycles. The molecule has 0 aromatic heterocycles. The van der Waals surface area contributed by atoms with E-state index in [1.54, 1.807) is 0 Å². The van der Waals surface area contributed by atoms with Gasteiger partial charge in [-0.3, -0.25) is 0 Å². The van der Waals surface area contributed by atoms with Crippen molar-refractivity contribution in [1.82, 2.24) is 0 Å². The molecule has 4 N–H and O–H groups in total. The number of hydrogen-bond acceptors (Lipinski definition) is 2. The molecule has 1 aliphatic carbocycles. The Kier molecular flexibility index (Phi) is 1.90. The van der Waals surface area contributed by atoms with Gasteiger partial charge in [-0.05, 0) is 18.9 Å². The molecular formula is C7H12N2. The topological polar surface area (TPSA) is 52.0 Å². The van der Waals surface area contributed by atoms with Crippen LogP contribution in [-0.2, 0) is 0 Å². The van der Waals surface area contributed by atoms with E-state index in [-0.39, 0.29) is 0 Å². The maximum Gasteiger partial charge on any atom is 0.0140 e. The third-order valence-electron chi connectivity index (χ3n) is 1.53. The number of allylic oxidation sites excluding steroid dienone is 3. The molecule has 0 aliphatic heterocycles. The maximum atomic E-state index is 5.53. The van der Waals surface area contributed by atoms with Gasteiger partial charge in [-0.2, -0.15) is 0 Å².